The third-order valence-electron chi connectivity index (χ3n) is 4.86. The van der Waals surface area contributed by atoms with Crippen LogP contribution in [0.1, 0.15) is 13.8 Å². The predicted molar refractivity (Wildman–Crippen MR) is 110 cm³/mol. The number of rotatable bonds is 3. The molecule has 0 aromatic heterocycles. The monoisotopic (exact) mass is 356 g/mol. The molecule has 0 amide bonds. The fraction of sp³-hybridized carbons (Fsp3) is 0.130. The summed E-state index contributed by atoms with van der Waals surface area (Å²) >= 11 is 0. The van der Waals surface area contributed by atoms with E-state index in [1.165, 1.54) is 0 Å². The summed E-state index contributed by atoms with van der Waals surface area (Å²) < 4.78 is 11.8. The van der Waals surface area contributed by atoms with Gasteiger partial charge >= 0.3 is 7.12 Å². The molecule has 27 heavy (non-hydrogen) atoms. The molecular weight excluding hydrogens is 335 g/mol. The van der Waals surface area contributed by atoms with Crippen molar-refractivity contribution >= 4 is 12.6 Å². The van der Waals surface area contributed by atoms with Crippen LogP contribution in [-0.2, 0) is 9.31 Å². The molecule has 1 aliphatic rings. The molecule has 3 aromatic rings. The van der Waals surface area contributed by atoms with Gasteiger partial charge in [-0.05, 0) is 59.8 Å². The Kier molecular flexibility index (Phi) is 4.29. The van der Waals surface area contributed by atoms with E-state index in [9.17, 15) is 5.11 Å². The third-order valence-corrected chi connectivity index (χ3v) is 4.86. The van der Waals surface area contributed by atoms with Gasteiger partial charge in [0.2, 0.25) is 0 Å². The predicted octanol–water partition coefficient (Wildman–Crippen LogP) is 4.76. The van der Waals surface area contributed by atoms with Gasteiger partial charge in [-0.1, -0.05) is 61.2 Å². The molecular formula is C23H21BO3. The Balaban J connectivity index is 1.67. The van der Waals surface area contributed by atoms with E-state index in [-0.39, 0.29) is 5.75 Å². The van der Waals surface area contributed by atoms with Gasteiger partial charge in [0, 0.05) is 0 Å². The van der Waals surface area contributed by atoms with Crippen LogP contribution < -0.4 is 5.46 Å². The molecule has 1 N–H and O–H groups in total. The fourth-order valence-corrected chi connectivity index (χ4v) is 3.19. The molecule has 1 aliphatic heterocycles. The Labute approximate surface area is 160 Å². The molecule has 0 spiro atoms. The molecule has 0 saturated carbocycles. The zero-order chi connectivity index (χ0) is 19.0. The van der Waals surface area contributed by atoms with Crippen molar-refractivity contribution in [1.29, 1.82) is 0 Å². The summed E-state index contributed by atoms with van der Waals surface area (Å²) in [5.74, 6) is 0.905. The summed E-state index contributed by atoms with van der Waals surface area (Å²) in [5.41, 5.74) is 4.67. The fourth-order valence-electron chi connectivity index (χ4n) is 3.19. The van der Waals surface area contributed by atoms with Crippen molar-refractivity contribution in [1.82, 2.24) is 0 Å². The highest BCUT2D eigenvalue weighted by Crippen LogP contribution is 2.31. The molecule has 1 fully saturated rings. The zero-order valence-electron chi connectivity index (χ0n) is 15.5. The summed E-state index contributed by atoms with van der Waals surface area (Å²) in [6, 6.07) is 23.7. The van der Waals surface area contributed by atoms with Crippen molar-refractivity contribution in [3.05, 3.63) is 85.1 Å². The quantitative estimate of drug-likeness (QED) is 0.688. The summed E-state index contributed by atoms with van der Waals surface area (Å²) in [6.07, 6.45) is 0. The van der Waals surface area contributed by atoms with Crippen LogP contribution in [0.5, 0.6) is 5.75 Å². The normalized spacial score (nSPS) is 15.6. The maximum Gasteiger partial charge on any atom is 0.563 e. The Hall–Kier alpha value is -2.98. The largest absolute Gasteiger partial charge is 0.563 e. The van der Waals surface area contributed by atoms with Crippen LogP contribution in [0.2, 0.25) is 0 Å². The number of aromatic hydroxyl groups is 1. The number of phenols is 1. The van der Waals surface area contributed by atoms with Gasteiger partial charge < -0.3 is 14.4 Å². The maximum atomic E-state index is 9.75. The Bertz CT molecular complexity index is 1010. The molecule has 4 heteroatoms. The van der Waals surface area contributed by atoms with Crippen molar-refractivity contribution < 1.29 is 14.4 Å². The molecule has 3 nitrogen and oxygen atoms in total. The van der Waals surface area contributed by atoms with E-state index < -0.39 is 12.7 Å². The van der Waals surface area contributed by atoms with Gasteiger partial charge in [-0.15, -0.1) is 0 Å². The number of hydrogen-bond donors (Lipinski definition) is 1. The molecule has 134 valence electrons. The van der Waals surface area contributed by atoms with Gasteiger partial charge in [-0.2, -0.15) is 0 Å². The zero-order valence-corrected chi connectivity index (χ0v) is 15.5. The molecule has 0 bridgehead atoms. The molecule has 0 atom stereocenters. The van der Waals surface area contributed by atoms with E-state index in [1.807, 2.05) is 50.2 Å². The van der Waals surface area contributed by atoms with Gasteiger partial charge in [-0.3, -0.25) is 0 Å². The van der Waals surface area contributed by atoms with Gasteiger partial charge in [0.15, 0.2) is 0 Å². The number of hydrogen-bond acceptors (Lipinski definition) is 3. The van der Waals surface area contributed by atoms with E-state index in [2.05, 4.69) is 30.8 Å². The molecule has 0 aliphatic carbocycles. The van der Waals surface area contributed by atoms with E-state index in [1.54, 1.807) is 12.1 Å². The molecule has 0 radical (unpaired) electrons. The van der Waals surface area contributed by atoms with Crippen LogP contribution in [0.15, 0.2) is 85.1 Å². The molecule has 0 unspecified atom stereocenters. The van der Waals surface area contributed by atoms with Crippen molar-refractivity contribution in [3.63, 3.8) is 0 Å². The lowest BCUT2D eigenvalue weighted by Gasteiger charge is -2.15. The number of benzene rings is 3. The van der Waals surface area contributed by atoms with E-state index in [4.69, 9.17) is 9.31 Å². The summed E-state index contributed by atoms with van der Waals surface area (Å²) in [4.78, 5) is 0. The van der Waals surface area contributed by atoms with E-state index in [0.717, 1.165) is 27.7 Å². The van der Waals surface area contributed by atoms with E-state index in [0.29, 0.717) is 5.76 Å². The first-order valence-electron chi connectivity index (χ1n) is 8.96. The standard InChI is InChI=1S/C23H21BO3/c1-16-23(2,3)27-24(26-16)21-11-5-9-19(14-21)17-7-4-8-18(13-17)20-10-6-12-22(25)15-20/h4-15,25H,1H2,2-3H3. The van der Waals surface area contributed by atoms with Crippen molar-refractivity contribution in [2.24, 2.45) is 0 Å². The molecule has 1 saturated heterocycles. The van der Waals surface area contributed by atoms with Gasteiger partial charge in [-0.25, -0.2) is 0 Å². The Morgan fingerprint density at radius 1 is 0.815 bits per heavy atom. The van der Waals surface area contributed by atoms with Gasteiger partial charge in [0.05, 0.1) is 5.76 Å². The molecule has 4 rings (SSSR count). The average molecular weight is 356 g/mol. The lowest BCUT2D eigenvalue weighted by molar-refractivity contribution is 0.173. The summed E-state index contributed by atoms with van der Waals surface area (Å²) in [5, 5.41) is 9.75. The van der Waals surface area contributed by atoms with Crippen LogP contribution in [0.3, 0.4) is 0 Å². The lowest BCUT2D eigenvalue weighted by Crippen LogP contribution is -2.34. The van der Waals surface area contributed by atoms with E-state index >= 15 is 0 Å². The van der Waals surface area contributed by atoms with Crippen molar-refractivity contribution in [2.45, 2.75) is 19.4 Å². The van der Waals surface area contributed by atoms with Crippen molar-refractivity contribution in [3.8, 4) is 28.0 Å². The Morgan fingerprint density at radius 3 is 1.96 bits per heavy atom. The highest BCUT2D eigenvalue weighted by molar-refractivity contribution is 6.62. The highest BCUT2D eigenvalue weighted by Gasteiger charge is 2.42. The Morgan fingerprint density at radius 2 is 1.37 bits per heavy atom. The van der Waals surface area contributed by atoms with Crippen molar-refractivity contribution in [2.75, 3.05) is 0 Å². The minimum Gasteiger partial charge on any atom is -0.534 e. The van der Waals surface area contributed by atoms with Crippen LogP contribution in [0.4, 0.5) is 0 Å². The number of phenolic OH excluding ortho intramolecular Hbond substituents is 1. The van der Waals surface area contributed by atoms with Crippen LogP contribution in [0, 0.1) is 0 Å². The second kappa shape index (κ2) is 6.64. The molecule has 3 aromatic carbocycles. The first-order valence-corrected chi connectivity index (χ1v) is 8.96. The maximum absolute atomic E-state index is 9.75. The van der Waals surface area contributed by atoms with Crippen LogP contribution in [0.25, 0.3) is 22.3 Å². The second-order valence-corrected chi connectivity index (χ2v) is 7.26. The highest BCUT2D eigenvalue weighted by atomic mass is 16.7. The lowest BCUT2D eigenvalue weighted by atomic mass is 9.78. The molecule has 1 heterocycles. The second-order valence-electron chi connectivity index (χ2n) is 7.26. The topological polar surface area (TPSA) is 38.7 Å². The summed E-state index contributed by atoms with van der Waals surface area (Å²) in [6.45, 7) is 7.86. The minimum absolute atomic E-state index is 0.262. The van der Waals surface area contributed by atoms with Crippen LogP contribution >= 0.6 is 0 Å². The summed E-state index contributed by atoms with van der Waals surface area (Å²) in [7, 11) is -0.443. The minimum atomic E-state index is -0.490. The average Bonchev–Trinajstić information content (AvgIpc) is 2.95. The third kappa shape index (κ3) is 3.49. The first-order chi connectivity index (χ1) is 12.9. The smallest absolute Gasteiger partial charge is 0.534 e. The van der Waals surface area contributed by atoms with Gasteiger partial charge in [0.1, 0.15) is 11.4 Å². The van der Waals surface area contributed by atoms with Crippen LogP contribution in [-0.4, -0.2) is 17.8 Å². The SMILES string of the molecule is C=C1OB(c2cccc(-c3cccc(-c4cccc(O)c4)c3)c2)OC1(C)C. The van der Waals surface area contributed by atoms with Gasteiger partial charge in [0.25, 0.3) is 0 Å². The first kappa shape index (κ1) is 17.4.